The number of hydrogen-bond acceptors (Lipinski definition) is 2. The maximum Gasteiger partial charge on any atom is 0.244 e. The van der Waals surface area contributed by atoms with Crippen LogP contribution in [0.25, 0.3) is 0 Å². The Balaban J connectivity index is 1.66. The van der Waals surface area contributed by atoms with Crippen molar-refractivity contribution < 1.29 is 14.2 Å². The molecule has 0 aliphatic carbocycles. The number of benzene rings is 2. The first-order valence-electron chi connectivity index (χ1n) is 7.63. The quantitative estimate of drug-likeness (QED) is 0.486. The van der Waals surface area contributed by atoms with Crippen LogP contribution in [-0.4, -0.2) is 16.1 Å². The van der Waals surface area contributed by atoms with Gasteiger partial charge in [0.15, 0.2) is 13.1 Å². The van der Waals surface area contributed by atoms with E-state index in [9.17, 15) is 9.59 Å². The Morgan fingerprint density at radius 2 is 1.52 bits per heavy atom. The summed E-state index contributed by atoms with van der Waals surface area (Å²) in [5.74, 6) is -0.0992. The molecule has 126 valence electrons. The van der Waals surface area contributed by atoms with Gasteiger partial charge in [-0.15, -0.1) is 0 Å². The number of rotatable bonds is 6. The Kier molecular flexibility index (Phi) is 5.31. The van der Waals surface area contributed by atoms with Crippen LogP contribution in [0.2, 0.25) is 10.0 Å². The summed E-state index contributed by atoms with van der Waals surface area (Å²) in [6.07, 6.45) is 5.24. The highest BCUT2D eigenvalue weighted by atomic mass is 35.5. The zero-order valence-corrected chi connectivity index (χ0v) is 14.7. The molecule has 2 aromatic carbocycles. The highest BCUT2D eigenvalue weighted by molar-refractivity contribution is 6.31. The highest BCUT2D eigenvalue weighted by Crippen LogP contribution is 2.12. The van der Waals surface area contributed by atoms with Gasteiger partial charge in [0.2, 0.25) is 17.9 Å². The molecule has 0 amide bonds. The molecule has 0 bridgehead atoms. The molecule has 0 fully saturated rings. The third-order valence-electron chi connectivity index (χ3n) is 3.69. The second kappa shape index (κ2) is 7.64. The molecule has 0 unspecified atom stereocenters. The summed E-state index contributed by atoms with van der Waals surface area (Å²) in [7, 11) is 0. The number of aromatic nitrogens is 2. The number of carbonyl (C=O) groups is 2. The van der Waals surface area contributed by atoms with Crippen molar-refractivity contribution in [3.8, 4) is 0 Å². The second-order valence-corrected chi connectivity index (χ2v) is 6.50. The summed E-state index contributed by atoms with van der Waals surface area (Å²) < 4.78 is 3.46. The molecule has 0 saturated carbocycles. The lowest BCUT2D eigenvalue weighted by Gasteiger charge is -2.00. The molecule has 0 aliphatic heterocycles. The fourth-order valence-corrected chi connectivity index (χ4v) is 2.84. The molecule has 0 aliphatic rings. The Bertz CT molecular complexity index is 860. The van der Waals surface area contributed by atoms with E-state index in [2.05, 4.69) is 0 Å². The molecule has 0 spiro atoms. The summed E-state index contributed by atoms with van der Waals surface area (Å²) in [6.45, 7) is 0.359. The van der Waals surface area contributed by atoms with Gasteiger partial charge in [-0.05, 0) is 24.3 Å². The Hall–Kier alpha value is -2.43. The Labute approximate surface area is 155 Å². The normalized spacial score (nSPS) is 10.6. The van der Waals surface area contributed by atoms with Crippen LogP contribution in [0.5, 0.6) is 0 Å². The largest absolute Gasteiger partial charge is 0.290 e. The van der Waals surface area contributed by atoms with E-state index in [1.165, 1.54) is 0 Å². The molecule has 1 aromatic heterocycles. The van der Waals surface area contributed by atoms with Crippen molar-refractivity contribution in [3.05, 3.63) is 88.4 Å². The minimum atomic E-state index is -0.0496. The SMILES string of the molecule is O=C(Cn1cc[n+](CC(=O)c2cccc(Cl)c2)c1)c1cccc(Cl)c1. The molecular weight excluding hydrogens is 359 g/mol. The fourth-order valence-electron chi connectivity index (χ4n) is 2.46. The van der Waals surface area contributed by atoms with Gasteiger partial charge in [-0.3, -0.25) is 9.59 Å². The number of Topliss-reactive ketones (excluding diaryl/α,β-unsaturated/α-hetero) is 2. The van der Waals surface area contributed by atoms with E-state index < -0.39 is 0 Å². The average molecular weight is 374 g/mol. The highest BCUT2D eigenvalue weighted by Gasteiger charge is 2.15. The van der Waals surface area contributed by atoms with Gasteiger partial charge >= 0.3 is 0 Å². The van der Waals surface area contributed by atoms with Gasteiger partial charge < -0.3 is 0 Å². The monoisotopic (exact) mass is 373 g/mol. The molecule has 0 radical (unpaired) electrons. The van der Waals surface area contributed by atoms with E-state index in [1.807, 2.05) is 0 Å². The first-order valence-corrected chi connectivity index (χ1v) is 8.39. The average Bonchev–Trinajstić information content (AvgIpc) is 3.01. The summed E-state index contributed by atoms with van der Waals surface area (Å²) in [5, 5.41) is 1.06. The molecular formula is C19H15Cl2N2O2+. The molecule has 3 rings (SSSR count). The molecule has 25 heavy (non-hydrogen) atoms. The maximum atomic E-state index is 12.3. The Morgan fingerprint density at radius 3 is 2.12 bits per heavy atom. The number of carbonyl (C=O) groups excluding carboxylic acids is 2. The van der Waals surface area contributed by atoms with E-state index in [4.69, 9.17) is 23.2 Å². The van der Waals surface area contributed by atoms with E-state index in [0.29, 0.717) is 21.2 Å². The number of nitrogens with zero attached hydrogens (tertiary/aromatic N) is 2. The van der Waals surface area contributed by atoms with Crippen LogP contribution in [-0.2, 0) is 13.1 Å². The molecule has 0 atom stereocenters. The second-order valence-electron chi connectivity index (χ2n) is 5.63. The van der Waals surface area contributed by atoms with Crippen molar-refractivity contribution in [2.24, 2.45) is 0 Å². The first-order chi connectivity index (χ1) is 12.0. The third-order valence-corrected chi connectivity index (χ3v) is 4.16. The van der Waals surface area contributed by atoms with Gasteiger partial charge in [-0.2, -0.15) is 0 Å². The van der Waals surface area contributed by atoms with Crippen molar-refractivity contribution in [1.82, 2.24) is 4.57 Å². The fraction of sp³-hybridized carbons (Fsp3) is 0.105. The van der Waals surface area contributed by atoms with Gasteiger partial charge in [0.25, 0.3) is 0 Å². The zero-order chi connectivity index (χ0) is 17.8. The van der Waals surface area contributed by atoms with Gasteiger partial charge in [-0.1, -0.05) is 47.5 Å². The smallest absolute Gasteiger partial charge is 0.244 e. The molecule has 6 heteroatoms. The predicted octanol–water partition coefficient (Wildman–Crippen LogP) is 3.85. The van der Waals surface area contributed by atoms with E-state index >= 15 is 0 Å². The summed E-state index contributed by atoms with van der Waals surface area (Å²) in [6, 6.07) is 13.7. The third kappa shape index (κ3) is 4.56. The molecule has 0 saturated heterocycles. The van der Waals surface area contributed by atoms with Crippen LogP contribution >= 0.6 is 23.2 Å². The van der Waals surface area contributed by atoms with Crippen LogP contribution in [0.3, 0.4) is 0 Å². The van der Waals surface area contributed by atoms with Gasteiger partial charge in [0.1, 0.15) is 12.4 Å². The van der Waals surface area contributed by atoms with Crippen molar-refractivity contribution in [3.63, 3.8) is 0 Å². The van der Waals surface area contributed by atoms with Crippen molar-refractivity contribution in [2.75, 3.05) is 0 Å². The van der Waals surface area contributed by atoms with Crippen molar-refractivity contribution in [2.45, 2.75) is 13.1 Å². The van der Waals surface area contributed by atoms with Gasteiger partial charge in [0, 0.05) is 21.2 Å². The summed E-state index contributed by atoms with van der Waals surface area (Å²) in [5.41, 5.74) is 1.12. The van der Waals surface area contributed by atoms with Crippen LogP contribution in [0.4, 0.5) is 0 Å². The van der Waals surface area contributed by atoms with Crippen LogP contribution in [0, 0.1) is 0 Å². The van der Waals surface area contributed by atoms with Gasteiger partial charge in [-0.25, -0.2) is 9.13 Å². The van der Waals surface area contributed by atoms with E-state index in [0.717, 1.165) is 0 Å². The van der Waals surface area contributed by atoms with Crippen molar-refractivity contribution in [1.29, 1.82) is 0 Å². The maximum absolute atomic E-state index is 12.3. The number of hydrogen-bond donors (Lipinski definition) is 0. The van der Waals surface area contributed by atoms with Crippen LogP contribution in [0.1, 0.15) is 20.7 Å². The first kappa shape index (κ1) is 17.4. The van der Waals surface area contributed by atoms with Crippen LogP contribution in [0.15, 0.2) is 67.3 Å². The number of halogens is 2. The van der Waals surface area contributed by atoms with E-state index in [-0.39, 0.29) is 24.7 Å². The molecule has 0 N–H and O–H groups in total. The molecule has 1 heterocycles. The van der Waals surface area contributed by atoms with Crippen molar-refractivity contribution >= 4 is 34.8 Å². The number of imidazole rings is 1. The standard InChI is InChI=1S/C19H15Cl2N2O2/c20-16-5-1-3-14(9-16)18(24)11-22-7-8-23(13-22)12-19(25)15-4-2-6-17(21)10-15/h1-10,13H,11-12H2/q+1. The van der Waals surface area contributed by atoms with E-state index in [1.54, 1.807) is 76.4 Å². The topological polar surface area (TPSA) is 43.0 Å². The van der Waals surface area contributed by atoms with Gasteiger partial charge in [0.05, 0.1) is 0 Å². The van der Waals surface area contributed by atoms with Crippen LogP contribution < -0.4 is 4.57 Å². The lowest BCUT2D eigenvalue weighted by atomic mass is 10.1. The molecule has 4 nitrogen and oxygen atoms in total. The summed E-state index contributed by atoms with van der Waals surface area (Å²) in [4.78, 5) is 24.6. The lowest BCUT2D eigenvalue weighted by molar-refractivity contribution is -0.682. The number of ketones is 2. The predicted molar refractivity (Wildman–Crippen MR) is 96.2 cm³/mol. The molecule has 3 aromatic rings. The minimum Gasteiger partial charge on any atom is -0.290 e. The minimum absolute atomic E-state index is 0.0496. The lowest BCUT2D eigenvalue weighted by Crippen LogP contribution is -2.36. The Morgan fingerprint density at radius 1 is 0.920 bits per heavy atom. The summed E-state index contributed by atoms with van der Waals surface area (Å²) >= 11 is 11.8. The zero-order valence-electron chi connectivity index (χ0n) is 13.2.